The van der Waals surface area contributed by atoms with Crippen molar-refractivity contribution in [3.05, 3.63) is 28.2 Å². The molecule has 1 aromatic carbocycles. The van der Waals surface area contributed by atoms with E-state index in [1.165, 1.54) is 5.56 Å². The first-order chi connectivity index (χ1) is 9.13. The third-order valence-corrected chi connectivity index (χ3v) is 5.14. The van der Waals surface area contributed by atoms with Crippen LogP contribution in [0.25, 0.3) is 0 Å². The Morgan fingerprint density at radius 3 is 2.84 bits per heavy atom. The van der Waals surface area contributed by atoms with Crippen LogP contribution in [-0.4, -0.2) is 19.3 Å². The highest BCUT2D eigenvalue weighted by Crippen LogP contribution is 2.39. The van der Waals surface area contributed by atoms with Gasteiger partial charge >= 0.3 is 0 Å². The molecule has 106 valence electrons. The van der Waals surface area contributed by atoms with Crippen LogP contribution in [0.5, 0.6) is 5.75 Å². The van der Waals surface area contributed by atoms with Gasteiger partial charge < -0.3 is 9.47 Å². The zero-order valence-electron chi connectivity index (χ0n) is 11.4. The molecule has 1 aliphatic heterocycles. The molecule has 2 rings (SSSR count). The summed E-state index contributed by atoms with van der Waals surface area (Å²) >= 11 is 7.36. The zero-order valence-corrected chi connectivity index (χ0v) is 14.5. The molecule has 0 aromatic heterocycles. The standard InChI is InChI=1S/C15H20Br2O2/c1-3-7-18-13-5-4-11(9-12(13)16)14(17)15-10(2)6-8-19-15/h4-5,9-10,14-15H,3,6-8H2,1-2H3. The molecule has 0 bridgehead atoms. The van der Waals surface area contributed by atoms with Crippen LogP contribution in [0.15, 0.2) is 22.7 Å². The van der Waals surface area contributed by atoms with Crippen molar-refractivity contribution in [3.8, 4) is 5.75 Å². The van der Waals surface area contributed by atoms with Gasteiger partial charge in [-0.2, -0.15) is 0 Å². The van der Waals surface area contributed by atoms with E-state index in [4.69, 9.17) is 9.47 Å². The Bertz CT molecular complexity index is 423. The van der Waals surface area contributed by atoms with Crippen LogP contribution >= 0.6 is 31.9 Å². The molecule has 0 radical (unpaired) electrons. The van der Waals surface area contributed by atoms with Crippen LogP contribution < -0.4 is 4.74 Å². The number of alkyl halides is 1. The summed E-state index contributed by atoms with van der Waals surface area (Å²) in [5.41, 5.74) is 1.23. The van der Waals surface area contributed by atoms with Gasteiger partial charge in [0.05, 0.1) is 22.0 Å². The van der Waals surface area contributed by atoms with Gasteiger partial charge in [-0.25, -0.2) is 0 Å². The summed E-state index contributed by atoms with van der Waals surface area (Å²) in [4.78, 5) is 0.238. The van der Waals surface area contributed by atoms with E-state index >= 15 is 0 Å². The topological polar surface area (TPSA) is 18.5 Å². The first-order valence-corrected chi connectivity index (χ1v) is 8.52. The van der Waals surface area contributed by atoms with Crippen molar-refractivity contribution < 1.29 is 9.47 Å². The molecule has 1 aliphatic rings. The molecule has 3 atom stereocenters. The molecule has 1 heterocycles. The Balaban J connectivity index is 2.10. The summed E-state index contributed by atoms with van der Waals surface area (Å²) in [6.45, 7) is 5.97. The van der Waals surface area contributed by atoms with Gasteiger partial charge in [0, 0.05) is 6.61 Å². The first kappa shape index (κ1) is 15.3. The van der Waals surface area contributed by atoms with Gasteiger partial charge in [0.25, 0.3) is 0 Å². The SMILES string of the molecule is CCCOc1ccc(C(Br)C2OCCC2C)cc1Br. The molecule has 1 saturated heterocycles. The van der Waals surface area contributed by atoms with Crippen LogP contribution in [0, 0.1) is 5.92 Å². The summed E-state index contributed by atoms with van der Waals surface area (Å²) in [6.07, 6.45) is 2.42. The predicted octanol–water partition coefficient (Wildman–Crippen LogP) is 5.10. The van der Waals surface area contributed by atoms with E-state index in [-0.39, 0.29) is 10.9 Å². The number of hydrogen-bond donors (Lipinski definition) is 0. The summed E-state index contributed by atoms with van der Waals surface area (Å²) in [5.74, 6) is 1.50. The van der Waals surface area contributed by atoms with Crippen LogP contribution in [0.1, 0.15) is 37.1 Å². The van der Waals surface area contributed by atoms with Crippen LogP contribution in [0.3, 0.4) is 0 Å². The second kappa shape index (κ2) is 7.09. The van der Waals surface area contributed by atoms with Crippen molar-refractivity contribution in [2.45, 2.75) is 37.6 Å². The molecular weight excluding hydrogens is 372 g/mol. The van der Waals surface area contributed by atoms with Gasteiger partial charge in [0.1, 0.15) is 5.75 Å². The molecule has 0 N–H and O–H groups in total. The Hall–Kier alpha value is -0.0600. The minimum Gasteiger partial charge on any atom is -0.492 e. The number of rotatable bonds is 5. The van der Waals surface area contributed by atoms with E-state index in [0.717, 1.165) is 36.3 Å². The third-order valence-electron chi connectivity index (χ3n) is 3.47. The quantitative estimate of drug-likeness (QED) is 0.650. The lowest BCUT2D eigenvalue weighted by molar-refractivity contribution is 0.0935. The summed E-state index contributed by atoms with van der Waals surface area (Å²) in [6, 6.07) is 6.27. The van der Waals surface area contributed by atoms with Crippen LogP contribution in [-0.2, 0) is 4.74 Å². The Morgan fingerprint density at radius 1 is 1.47 bits per heavy atom. The second-order valence-corrected chi connectivity index (χ2v) is 6.88. The lowest BCUT2D eigenvalue weighted by Crippen LogP contribution is -2.19. The van der Waals surface area contributed by atoms with Gasteiger partial charge in [-0.05, 0) is 52.4 Å². The van der Waals surface area contributed by atoms with E-state index in [1.54, 1.807) is 0 Å². The van der Waals surface area contributed by atoms with Gasteiger partial charge in [0.2, 0.25) is 0 Å². The maximum Gasteiger partial charge on any atom is 0.133 e. The van der Waals surface area contributed by atoms with Gasteiger partial charge in [-0.3, -0.25) is 0 Å². The fraction of sp³-hybridized carbons (Fsp3) is 0.600. The molecule has 2 nitrogen and oxygen atoms in total. The Labute approximate surface area is 132 Å². The molecule has 0 saturated carbocycles. The third kappa shape index (κ3) is 3.73. The molecule has 19 heavy (non-hydrogen) atoms. The number of halogens is 2. The van der Waals surface area contributed by atoms with Crippen LogP contribution in [0.2, 0.25) is 0 Å². The molecular formula is C15H20Br2O2. The predicted molar refractivity (Wildman–Crippen MR) is 85.1 cm³/mol. The molecule has 3 unspecified atom stereocenters. The minimum atomic E-state index is 0.238. The second-order valence-electron chi connectivity index (χ2n) is 5.04. The van der Waals surface area contributed by atoms with Crippen molar-refractivity contribution in [2.24, 2.45) is 5.92 Å². The molecule has 0 amide bonds. The normalized spacial score (nSPS) is 24.4. The van der Waals surface area contributed by atoms with Crippen molar-refractivity contribution in [1.82, 2.24) is 0 Å². The zero-order chi connectivity index (χ0) is 13.8. The average Bonchev–Trinajstić information content (AvgIpc) is 2.82. The lowest BCUT2D eigenvalue weighted by atomic mass is 9.97. The Kier molecular flexibility index (Phi) is 5.72. The fourth-order valence-corrected chi connectivity index (χ4v) is 3.77. The number of hydrogen-bond acceptors (Lipinski definition) is 2. The molecule has 4 heteroatoms. The number of benzene rings is 1. The lowest BCUT2D eigenvalue weighted by Gasteiger charge is -2.22. The van der Waals surface area contributed by atoms with E-state index in [9.17, 15) is 0 Å². The molecule has 1 fully saturated rings. The Morgan fingerprint density at radius 2 is 2.26 bits per heavy atom. The fourth-order valence-electron chi connectivity index (χ4n) is 2.30. The molecule has 0 spiro atoms. The highest BCUT2D eigenvalue weighted by Gasteiger charge is 2.31. The summed E-state index contributed by atoms with van der Waals surface area (Å²) < 4.78 is 12.5. The summed E-state index contributed by atoms with van der Waals surface area (Å²) in [5, 5.41) is 0. The van der Waals surface area contributed by atoms with E-state index in [1.807, 2.05) is 6.07 Å². The first-order valence-electron chi connectivity index (χ1n) is 6.81. The van der Waals surface area contributed by atoms with E-state index in [0.29, 0.717) is 5.92 Å². The number of ether oxygens (including phenoxy) is 2. The highest BCUT2D eigenvalue weighted by molar-refractivity contribution is 9.10. The minimum absolute atomic E-state index is 0.238. The maximum absolute atomic E-state index is 5.82. The monoisotopic (exact) mass is 390 g/mol. The van der Waals surface area contributed by atoms with E-state index in [2.05, 4.69) is 57.8 Å². The smallest absolute Gasteiger partial charge is 0.133 e. The van der Waals surface area contributed by atoms with Gasteiger partial charge in [-0.1, -0.05) is 35.8 Å². The van der Waals surface area contributed by atoms with Crippen molar-refractivity contribution in [2.75, 3.05) is 13.2 Å². The van der Waals surface area contributed by atoms with Crippen molar-refractivity contribution in [1.29, 1.82) is 0 Å². The molecule has 0 aliphatic carbocycles. The van der Waals surface area contributed by atoms with Crippen molar-refractivity contribution in [3.63, 3.8) is 0 Å². The van der Waals surface area contributed by atoms with Crippen molar-refractivity contribution >= 4 is 31.9 Å². The van der Waals surface area contributed by atoms with Gasteiger partial charge in [-0.15, -0.1) is 0 Å². The largest absolute Gasteiger partial charge is 0.492 e. The highest BCUT2D eigenvalue weighted by atomic mass is 79.9. The van der Waals surface area contributed by atoms with Gasteiger partial charge in [0.15, 0.2) is 0 Å². The maximum atomic E-state index is 5.82. The summed E-state index contributed by atoms with van der Waals surface area (Å²) in [7, 11) is 0. The average molecular weight is 392 g/mol. The van der Waals surface area contributed by atoms with Crippen LogP contribution in [0.4, 0.5) is 0 Å². The van der Waals surface area contributed by atoms with E-state index < -0.39 is 0 Å². The molecule has 1 aromatic rings.